The maximum atomic E-state index is 12.7. The molecule has 25 heavy (non-hydrogen) atoms. The number of aromatic nitrogens is 3. The Morgan fingerprint density at radius 2 is 1.84 bits per heavy atom. The highest BCUT2D eigenvalue weighted by Crippen LogP contribution is 2.19. The van der Waals surface area contributed by atoms with Gasteiger partial charge in [0, 0.05) is 58.7 Å². The quantitative estimate of drug-likeness (QED) is 0.733. The minimum atomic E-state index is -3.59. The van der Waals surface area contributed by atoms with E-state index in [1.807, 2.05) is 13.2 Å². The van der Waals surface area contributed by atoms with E-state index in [1.165, 1.54) is 16.6 Å². The van der Waals surface area contributed by atoms with Gasteiger partial charge in [-0.3, -0.25) is 9.48 Å². The molecule has 0 spiro atoms. The maximum absolute atomic E-state index is 12.7. The lowest BCUT2D eigenvalue weighted by atomic mass is 10.3. The van der Waals surface area contributed by atoms with Gasteiger partial charge < -0.3 is 9.47 Å². The minimum absolute atomic E-state index is 0.136. The summed E-state index contributed by atoms with van der Waals surface area (Å²) in [5.41, 5.74) is 1.24. The van der Waals surface area contributed by atoms with Crippen molar-refractivity contribution in [3.8, 4) is 0 Å². The molecular formula is C16H25N5O3S. The number of rotatable bonds is 7. The zero-order valence-electron chi connectivity index (χ0n) is 15.3. The first kappa shape index (κ1) is 19.2. The van der Waals surface area contributed by atoms with Crippen molar-refractivity contribution >= 4 is 15.9 Å². The Balaban J connectivity index is 2.25. The normalized spacial score (nSPS) is 11.9. The van der Waals surface area contributed by atoms with E-state index in [-0.39, 0.29) is 10.8 Å². The van der Waals surface area contributed by atoms with E-state index < -0.39 is 10.0 Å². The molecule has 0 atom stereocenters. The zero-order valence-corrected chi connectivity index (χ0v) is 16.1. The van der Waals surface area contributed by atoms with Gasteiger partial charge in [0.15, 0.2) is 0 Å². The third-order valence-corrected chi connectivity index (χ3v) is 6.08. The Morgan fingerprint density at radius 1 is 1.20 bits per heavy atom. The molecule has 0 aliphatic heterocycles. The number of amides is 1. The maximum Gasteiger partial charge on any atom is 0.270 e. The number of hydrogen-bond acceptors (Lipinski definition) is 4. The fourth-order valence-corrected chi connectivity index (χ4v) is 4.23. The van der Waals surface area contributed by atoms with E-state index in [9.17, 15) is 13.2 Å². The van der Waals surface area contributed by atoms with E-state index in [1.54, 1.807) is 48.3 Å². The van der Waals surface area contributed by atoms with E-state index in [4.69, 9.17) is 0 Å². The monoisotopic (exact) mass is 367 g/mol. The van der Waals surface area contributed by atoms with Crippen LogP contribution in [0.1, 0.15) is 29.9 Å². The van der Waals surface area contributed by atoms with Gasteiger partial charge in [-0.1, -0.05) is 13.8 Å². The molecule has 2 aromatic heterocycles. The van der Waals surface area contributed by atoms with Crippen molar-refractivity contribution in [1.29, 1.82) is 0 Å². The largest absolute Gasteiger partial charge is 0.345 e. The molecule has 2 aromatic rings. The van der Waals surface area contributed by atoms with Crippen LogP contribution in [-0.2, 0) is 30.7 Å². The van der Waals surface area contributed by atoms with Crippen LogP contribution in [0.3, 0.4) is 0 Å². The average Bonchev–Trinajstić information content (AvgIpc) is 3.13. The SMILES string of the molecule is CCN(CC)S(=O)(=O)c1cc(C(=O)N(C)Cc2cnn(C)c2)n(C)c1. The Morgan fingerprint density at radius 3 is 2.36 bits per heavy atom. The second kappa shape index (κ2) is 7.40. The smallest absolute Gasteiger partial charge is 0.270 e. The molecule has 138 valence electrons. The van der Waals surface area contributed by atoms with Crippen molar-refractivity contribution in [1.82, 2.24) is 23.6 Å². The number of nitrogens with zero attached hydrogens (tertiary/aromatic N) is 5. The third kappa shape index (κ3) is 3.93. The summed E-state index contributed by atoms with van der Waals surface area (Å²) in [5, 5.41) is 4.08. The molecule has 0 N–H and O–H groups in total. The Labute approximate surface area is 148 Å². The van der Waals surface area contributed by atoms with Gasteiger partial charge in [0.2, 0.25) is 10.0 Å². The van der Waals surface area contributed by atoms with Crippen LogP contribution >= 0.6 is 0 Å². The molecule has 0 saturated carbocycles. The van der Waals surface area contributed by atoms with Crippen LogP contribution in [-0.4, -0.2) is 58.0 Å². The number of sulfonamides is 1. The van der Waals surface area contributed by atoms with Crippen molar-refractivity contribution in [2.75, 3.05) is 20.1 Å². The number of hydrogen-bond donors (Lipinski definition) is 0. The Hall–Kier alpha value is -2.13. The summed E-state index contributed by atoms with van der Waals surface area (Å²) < 4.78 is 29.8. The highest BCUT2D eigenvalue weighted by atomic mass is 32.2. The lowest BCUT2D eigenvalue weighted by Crippen LogP contribution is -2.30. The summed E-state index contributed by atoms with van der Waals surface area (Å²) in [7, 11) is 1.58. The summed E-state index contributed by atoms with van der Waals surface area (Å²) in [6, 6.07) is 1.44. The first-order valence-electron chi connectivity index (χ1n) is 8.10. The highest BCUT2D eigenvalue weighted by Gasteiger charge is 2.26. The van der Waals surface area contributed by atoms with Gasteiger partial charge in [0.1, 0.15) is 10.6 Å². The molecule has 0 unspecified atom stereocenters. The molecule has 2 heterocycles. The van der Waals surface area contributed by atoms with Gasteiger partial charge in [-0.25, -0.2) is 8.42 Å². The van der Waals surface area contributed by atoms with Crippen molar-refractivity contribution < 1.29 is 13.2 Å². The zero-order chi connectivity index (χ0) is 18.8. The summed E-state index contributed by atoms with van der Waals surface area (Å²) in [5.74, 6) is -0.243. The lowest BCUT2D eigenvalue weighted by Gasteiger charge is -2.17. The standard InChI is InChI=1S/C16H25N5O3S/c1-6-21(7-2)25(23,24)14-8-15(18(3)12-14)16(22)19(4)10-13-9-17-20(5)11-13/h8-9,11-12H,6-7,10H2,1-5H3. The van der Waals surface area contributed by atoms with Crippen molar-refractivity contribution in [3.63, 3.8) is 0 Å². The second-order valence-electron chi connectivity index (χ2n) is 5.94. The molecule has 0 bridgehead atoms. The van der Waals surface area contributed by atoms with E-state index in [0.717, 1.165) is 5.56 Å². The summed E-state index contributed by atoms with van der Waals surface area (Å²) >= 11 is 0. The van der Waals surface area contributed by atoms with Gasteiger partial charge in [-0.05, 0) is 6.07 Å². The molecule has 0 saturated heterocycles. The fraction of sp³-hybridized carbons (Fsp3) is 0.500. The molecule has 2 rings (SSSR count). The molecule has 9 heteroatoms. The molecule has 0 aliphatic carbocycles. The predicted molar refractivity (Wildman–Crippen MR) is 94.5 cm³/mol. The summed E-state index contributed by atoms with van der Waals surface area (Å²) in [6.45, 7) is 4.75. The van der Waals surface area contributed by atoms with Crippen LogP contribution in [0.15, 0.2) is 29.6 Å². The van der Waals surface area contributed by atoms with E-state index in [0.29, 0.717) is 25.3 Å². The second-order valence-corrected chi connectivity index (χ2v) is 7.88. The highest BCUT2D eigenvalue weighted by molar-refractivity contribution is 7.89. The van der Waals surface area contributed by atoms with Crippen LogP contribution in [0, 0.1) is 0 Å². The van der Waals surface area contributed by atoms with Crippen LogP contribution < -0.4 is 0 Å². The topological polar surface area (TPSA) is 80.4 Å². The molecule has 8 nitrogen and oxygen atoms in total. The molecule has 0 aromatic carbocycles. The predicted octanol–water partition coefficient (Wildman–Crippen LogP) is 1.06. The van der Waals surface area contributed by atoms with Gasteiger partial charge in [-0.15, -0.1) is 0 Å². The number of carbonyl (C=O) groups is 1. The molecular weight excluding hydrogens is 342 g/mol. The van der Waals surface area contributed by atoms with Crippen molar-refractivity contribution in [2.45, 2.75) is 25.3 Å². The fourth-order valence-electron chi connectivity index (χ4n) is 2.70. The van der Waals surface area contributed by atoms with Gasteiger partial charge >= 0.3 is 0 Å². The number of aryl methyl sites for hydroxylation is 2. The third-order valence-electron chi connectivity index (χ3n) is 4.07. The number of carbonyl (C=O) groups excluding carboxylic acids is 1. The van der Waals surface area contributed by atoms with Crippen LogP contribution in [0.25, 0.3) is 0 Å². The van der Waals surface area contributed by atoms with Gasteiger partial charge in [0.05, 0.1) is 6.20 Å². The van der Waals surface area contributed by atoms with E-state index >= 15 is 0 Å². The lowest BCUT2D eigenvalue weighted by molar-refractivity contribution is 0.0775. The first-order valence-corrected chi connectivity index (χ1v) is 9.54. The Bertz CT molecular complexity index is 849. The average molecular weight is 367 g/mol. The molecule has 1 amide bonds. The van der Waals surface area contributed by atoms with Crippen molar-refractivity contribution in [2.24, 2.45) is 14.1 Å². The minimum Gasteiger partial charge on any atom is -0.345 e. The van der Waals surface area contributed by atoms with Gasteiger partial charge in [0.25, 0.3) is 5.91 Å². The summed E-state index contributed by atoms with van der Waals surface area (Å²) in [6.07, 6.45) is 5.02. The summed E-state index contributed by atoms with van der Waals surface area (Å²) in [4.78, 5) is 14.4. The molecule has 0 radical (unpaired) electrons. The van der Waals surface area contributed by atoms with Crippen LogP contribution in [0.5, 0.6) is 0 Å². The van der Waals surface area contributed by atoms with Crippen LogP contribution in [0.2, 0.25) is 0 Å². The first-order chi connectivity index (χ1) is 11.7. The van der Waals surface area contributed by atoms with Gasteiger partial charge in [-0.2, -0.15) is 9.40 Å². The Kier molecular flexibility index (Phi) is 5.69. The van der Waals surface area contributed by atoms with Crippen LogP contribution in [0.4, 0.5) is 0 Å². The molecule has 0 fully saturated rings. The van der Waals surface area contributed by atoms with Crippen molar-refractivity contribution in [3.05, 3.63) is 35.9 Å². The van der Waals surface area contributed by atoms with E-state index in [2.05, 4.69) is 5.10 Å². The molecule has 0 aliphatic rings.